The van der Waals surface area contributed by atoms with E-state index in [1.54, 1.807) is 0 Å². The number of likely N-dealkylation sites (tertiary alicyclic amines) is 1. The van der Waals surface area contributed by atoms with E-state index < -0.39 is 0 Å². The fourth-order valence-electron chi connectivity index (χ4n) is 4.88. The van der Waals surface area contributed by atoms with Crippen LogP contribution in [0, 0.1) is 25.2 Å². The summed E-state index contributed by atoms with van der Waals surface area (Å²) in [6, 6.07) is 7.58. The van der Waals surface area contributed by atoms with Gasteiger partial charge in [-0.25, -0.2) is 0 Å². The first-order valence-electron chi connectivity index (χ1n) is 11.6. The summed E-state index contributed by atoms with van der Waals surface area (Å²) in [6.07, 6.45) is 4.81. The van der Waals surface area contributed by atoms with E-state index in [9.17, 15) is 0 Å². The molecule has 0 amide bonds. The number of piperidine rings is 1. The Morgan fingerprint density at radius 2 is 1.88 bits per heavy atom. The molecule has 1 fully saturated rings. The molecule has 9 nitrogen and oxygen atoms in total. The molecule has 2 atom stereocenters. The monoisotopic (exact) mass is 435 g/mol. The summed E-state index contributed by atoms with van der Waals surface area (Å²) in [5.41, 5.74) is 2.83. The van der Waals surface area contributed by atoms with Gasteiger partial charge < -0.3 is 15.6 Å². The maximum atomic E-state index is 9.08. The van der Waals surface area contributed by atoms with Gasteiger partial charge in [-0.3, -0.25) is 10.00 Å². The third-order valence-corrected chi connectivity index (χ3v) is 6.38. The topological polar surface area (TPSA) is 121 Å². The molecule has 0 radical (unpaired) electrons. The predicted octanol–water partition coefficient (Wildman–Crippen LogP) is 4.39. The number of anilines is 3. The van der Waals surface area contributed by atoms with Crippen LogP contribution >= 0.6 is 0 Å². The van der Waals surface area contributed by atoms with Crippen LogP contribution < -0.4 is 10.6 Å². The van der Waals surface area contributed by atoms with Crippen LogP contribution in [0.4, 0.5) is 17.6 Å². The Bertz CT molecular complexity index is 1080. The Morgan fingerprint density at radius 3 is 2.50 bits per heavy atom. The van der Waals surface area contributed by atoms with E-state index >= 15 is 0 Å². The number of hydrogen-bond donors (Lipinski definition) is 4. The maximum absolute atomic E-state index is 9.08. The van der Waals surface area contributed by atoms with Crippen LogP contribution in [0.3, 0.4) is 0 Å². The van der Waals surface area contributed by atoms with Gasteiger partial charge in [0.25, 0.3) is 0 Å². The van der Waals surface area contributed by atoms with Crippen molar-refractivity contribution < 1.29 is 0 Å². The minimum Gasteiger partial charge on any atom is -0.366 e. The molecule has 0 bridgehead atoms. The van der Waals surface area contributed by atoms with Crippen molar-refractivity contribution in [2.45, 2.75) is 77.9 Å². The maximum Gasteiger partial charge on any atom is 0.232 e. The van der Waals surface area contributed by atoms with Crippen LogP contribution in [-0.4, -0.2) is 54.7 Å². The number of H-pyrrole nitrogens is 2. The highest BCUT2D eigenvalue weighted by Gasteiger charge is 2.34. The van der Waals surface area contributed by atoms with Gasteiger partial charge in [0.05, 0.1) is 11.5 Å². The van der Waals surface area contributed by atoms with Crippen molar-refractivity contribution >= 4 is 28.6 Å². The molecular formula is C23H33N9. The molecule has 170 valence electrons. The largest absolute Gasteiger partial charge is 0.366 e. The molecule has 0 aliphatic carbocycles. The Labute approximate surface area is 189 Å². The normalized spacial score (nSPS) is 21.5. The van der Waals surface area contributed by atoms with Gasteiger partial charge in [-0.2, -0.15) is 20.3 Å². The molecule has 3 aromatic rings. The SMILES string of the molecule is CCC1CC(Nc2nc(Nc3cc(C)[nH]n3)nc3[nH]c(C)cc23)CC(CC)N1CCC#N. The highest BCUT2D eigenvalue weighted by Crippen LogP contribution is 2.31. The van der Waals surface area contributed by atoms with E-state index in [0.717, 1.165) is 60.5 Å². The van der Waals surface area contributed by atoms with Gasteiger partial charge in [0.1, 0.15) is 11.5 Å². The van der Waals surface area contributed by atoms with Gasteiger partial charge in [0.15, 0.2) is 5.82 Å². The summed E-state index contributed by atoms with van der Waals surface area (Å²) in [7, 11) is 0. The Morgan fingerprint density at radius 1 is 1.12 bits per heavy atom. The lowest BCUT2D eigenvalue weighted by Crippen LogP contribution is -2.52. The number of aryl methyl sites for hydroxylation is 2. The van der Waals surface area contributed by atoms with Gasteiger partial charge >= 0.3 is 0 Å². The summed E-state index contributed by atoms with van der Waals surface area (Å²) in [5, 5.41) is 24.2. The summed E-state index contributed by atoms with van der Waals surface area (Å²) < 4.78 is 0. The van der Waals surface area contributed by atoms with Gasteiger partial charge in [-0.05, 0) is 45.6 Å². The summed E-state index contributed by atoms with van der Waals surface area (Å²) in [5.74, 6) is 2.05. The second kappa shape index (κ2) is 9.57. The Hall–Kier alpha value is -3.12. The average molecular weight is 436 g/mol. The molecule has 4 N–H and O–H groups in total. The second-order valence-corrected chi connectivity index (χ2v) is 8.75. The second-order valence-electron chi connectivity index (χ2n) is 8.75. The number of nitriles is 1. The fraction of sp³-hybridized carbons (Fsp3) is 0.565. The molecule has 9 heteroatoms. The lowest BCUT2D eigenvalue weighted by molar-refractivity contribution is 0.0735. The first kappa shape index (κ1) is 22.1. The molecule has 32 heavy (non-hydrogen) atoms. The van der Waals surface area contributed by atoms with Gasteiger partial charge in [0.2, 0.25) is 5.95 Å². The molecule has 1 saturated heterocycles. The molecular weight excluding hydrogens is 402 g/mol. The zero-order valence-electron chi connectivity index (χ0n) is 19.4. The average Bonchev–Trinajstić information content (AvgIpc) is 3.36. The smallest absolute Gasteiger partial charge is 0.232 e. The van der Waals surface area contributed by atoms with Crippen molar-refractivity contribution in [3.8, 4) is 6.07 Å². The van der Waals surface area contributed by atoms with E-state index in [4.69, 9.17) is 10.2 Å². The molecule has 2 unspecified atom stereocenters. The summed E-state index contributed by atoms with van der Waals surface area (Å²) >= 11 is 0. The third kappa shape index (κ3) is 4.70. The van der Waals surface area contributed by atoms with Crippen LogP contribution in [0.15, 0.2) is 12.1 Å². The first-order chi connectivity index (χ1) is 15.5. The summed E-state index contributed by atoms with van der Waals surface area (Å²) in [4.78, 5) is 15.4. The van der Waals surface area contributed by atoms with E-state index in [1.165, 1.54) is 0 Å². The number of nitrogens with one attached hydrogen (secondary N) is 4. The molecule has 0 aromatic carbocycles. The third-order valence-electron chi connectivity index (χ3n) is 6.38. The lowest BCUT2D eigenvalue weighted by atomic mass is 9.88. The molecule has 0 saturated carbocycles. The van der Waals surface area contributed by atoms with E-state index in [2.05, 4.69) is 61.7 Å². The molecule has 0 spiro atoms. The quantitative estimate of drug-likeness (QED) is 0.414. The number of hydrogen-bond acceptors (Lipinski definition) is 7. The standard InChI is InChI=1S/C23H33N9/c1-5-17-12-16(13-18(6-2)32(17)9-7-8-24)26-22-19-10-14(3)25-21(19)28-23(29-22)27-20-11-15(4)30-31-20/h10-11,16-18H,5-7,9,12-13H2,1-4H3,(H4,25,26,27,28,29,30,31). The Balaban J connectivity index is 1.59. The predicted molar refractivity (Wildman–Crippen MR) is 127 cm³/mol. The molecule has 4 heterocycles. The van der Waals surface area contributed by atoms with Crippen LogP contribution in [-0.2, 0) is 0 Å². The highest BCUT2D eigenvalue weighted by molar-refractivity contribution is 5.89. The fourth-order valence-corrected chi connectivity index (χ4v) is 4.88. The first-order valence-corrected chi connectivity index (χ1v) is 11.6. The van der Waals surface area contributed by atoms with Crippen molar-refractivity contribution in [1.29, 1.82) is 5.26 Å². The van der Waals surface area contributed by atoms with Crippen molar-refractivity contribution in [2.24, 2.45) is 0 Å². The minimum absolute atomic E-state index is 0.317. The lowest BCUT2D eigenvalue weighted by Gasteiger charge is -2.45. The highest BCUT2D eigenvalue weighted by atomic mass is 15.3. The van der Waals surface area contributed by atoms with Crippen LogP contribution in [0.2, 0.25) is 0 Å². The zero-order valence-corrected chi connectivity index (χ0v) is 19.4. The number of fused-ring (bicyclic) bond motifs is 1. The van der Waals surface area contributed by atoms with Gasteiger partial charge in [-0.15, -0.1) is 0 Å². The zero-order chi connectivity index (χ0) is 22.7. The van der Waals surface area contributed by atoms with E-state index in [0.29, 0.717) is 36.3 Å². The summed E-state index contributed by atoms with van der Waals surface area (Å²) in [6.45, 7) is 9.33. The molecule has 1 aliphatic heterocycles. The molecule has 4 rings (SSSR count). The van der Waals surface area contributed by atoms with Crippen molar-refractivity contribution in [3.63, 3.8) is 0 Å². The van der Waals surface area contributed by atoms with Crippen LogP contribution in [0.1, 0.15) is 57.3 Å². The van der Waals surface area contributed by atoms with Crippen LogP contribution in [0.5, 0.6) is 0 Å². The molecule has 1 aliphatic rings. The van der Waals surface area contributed by atoms with Gasteiger partial charge in [-0.1, -0.05) is 13.8 Å². The number of aromatic nitrogens is 5. The van der Waals surface area contributed by atoms with Crippen molar-refractivity contribution in [3.05, 3.63) is 23.5 Å². The molecule has 3 aromatic heterocycles. The van der Waals surface area contributed by atoms with E-state index in [1.807, 2.05) is 19.9 Å². The van der Waals surface area contributed by atoms with Crippen molar-refractivity contribution in [2.75, 3.05) is 17.2 Å². The minimum atomic E-state index is 0.317. The van der Waals surface area contributed by atoms with E-state index in [-0.39, 0.29) is 0 Å². The number of aromatic amines is 2. The van der Waals surface area contributed by atoms with Crippen molar-refractivity contribution in [1.82, 2.24) is 30.0 Å². The Kier molecular flexibility index (Phi) is 6.61. The van der Waals surface area contributed by atoms with Gasteiger partial charge in [0, 0.05) is 48.5 Å². The number of nitrogens with zero attached hydrogens (tertiary/aromatic N) is 5. The number of rotatable bonds is 8. The van der Waals surface area contributed by atoms with Crippen LogP contribution in [0.25, 0.3) is 11.0 Å².